The number of nitrogens with zero attached hydrogens (tertiary/aromatic N) is 1. The van der Waals surface area contributed by atoms with Gasteiger partial charge in [0.15, 0.2) is 0 Å². The van der Waals surface area contributed by atoms with E-state index in [1.54, 1.807) is 29.7 Å². The summed E-state index contributed by atoms with van der Waals surface area (Å²) >= 11 is 13.7. The van der Waals surface area contributed by atoms with E-state index in [1.807, 2.05) is 60.7 Å². The van der Waals surface area contributed by atoms with Gasteiger partial charge in [0.05, 0.1) is 15.6 Å². The molecule has 1 aliphatic carbocycles. The van der Waals surface area contributed by atoms with Gasteiger partial charge in [-0.1, -0.05) is 71.7 Å². The van der Waals surface area contributed by atoms with Crippen LogP contribution >= 0.6 is 34.5 Å². The molecule has 1 heterocycles. The van der Waals surface area contributed by atoms with Crippen molar-refractivity contribution in [3.63, 3.8) is 0 Å². The standard InChI is InChI=1S/C30H26Cl2N2O2S/c31-25-14-13-22(16-26(25)32)19-36-23-10-6-9-21(15-23)18-34-30-28(24-11-4-5-12-27(24)37-30)29(35)33-17-20-7-2-1-3-8-20/h1-3,6-10,13-16,18H,4-5,11-12,17,19H2,(H,33,35). The third kappa shape index (κ3) is 6.42. The Morgan fingerprint density at radius 2 is 1.78 bits per heavy atom. The van der Waals surface area contributed by atoms with Gasteiger partial charge in [-0.05, 0) is 72.2 Å². The van der Waals surface area contributed by atoms with Gasteiger partial charge in [0.2, 0.25) is 0 Å². The first-order valence-corrected chi connectivity index (χ1v) is 13.8. The number of ether oxygens (including phenoxy) is 1. The van der Waals surface area contributed by atoms with Crippen molar-refractivity contribution in [1.29, 1.82) is 0 Å². The topological polar surface area (TPSA) is 50.7 Å². The number of thiophene rings is 1. The highest BCUT2D eigenvalue weighted by molar-refractivity contribution is 7.16. The Balaban J connectivity index is 1.32. The maximum absolute atomic E-state index is 13.3. The van der Waals surface area contributed by atoms with Gasteiger partial charge in [-0.25, -0.2) is 4.99 Å². The molecule has 0 bridgehead atoms. The van der Waals surface area contributed by atoms with Crippen molar-refractivity contribution >= 4 is 51.7 Å². The maximum atomic E-state index is 13.3. The number of halogens is 2. The molecule has 1 aromatic heterocycles. The van der Waals surface area contributed by atoms with E-state index in [2.05, 4.69) is 5.32 Å². The van der Waals surface area contributed by atoms with E-state index >= 15 is 0 Å². The normalized spacial score (nSPS) is 12.9. The minimum absolute atomic E-state index is 0.0610. The summed E-state index contributed by atoms with van der Waals surface area (Å²) in [6.07, 6.45) is 5.99. The van der Waals surface area contributed by atoms with Crippen LogP contribution in [-0.2, 0) is 26.0 Å². The number of hydrogen-bond donors (Lipinski definition) is 1. The highest BCUT2D eigenvalue weighted by Crippen LogP contribution is 2.40. The van der Waals surface area contributed by atoms with Crippen LogP contribution in [0.25, 0.3) is 0 Å². The molecule has 0 unspecified atom stereocenters. The molecule has 37 heavy (non-hydrogen) atoms. The molecule has 1 amide bonds. The molecule has 0 aliphatic heterocycles. The first-order chi connectivity index (χ1) is 18.1. The molecule has 0 fully saturated rings. The highest BCUT2D eigenvalue weighted by atomic mass is 35.5. The van der Waals surface area contributed by atoms with E-state index in [4.69, 9.17) is 32.9 Å². The third-order valence-corrected chi connectivity index (χ3v) is 8.19. The number of hydrogen-bond acceptors (Lipinski definition) is 4. The van der Waals surface area contributed by atoms with Crippen molar-refractivity contribution in [2.45, 2.75) is 38.8 Å². The number of nitrogens with one attached hydrogen (secondary N) is 1. The molecule has 1 N–H and O–H groups in total. The lowest BCUT2D eigenvalue weighted by Gasteiger charge is -2.12. The van der Waals surface area contributed by atoms with Gasteiger partial charge >= 0.3 is 0 Å². The van der Waals surface area contributed by atoms with Crippen LogP contribution in [0.3, 0.4) is 0 Å². The van der Waals surface area contributed by atoms with Crippen LogP contribution in [0.4, 0.5) is 5.00 Å². The zero-order valence-corrected chi connectivity index (χ0v) is 22.5. The Hall–Kier alpha value is -3.12. The van der Waals surface area contributed by atoms with Crippen LogP contribution < -0.4 is 10.1 Å². The smallest absolute Gasteiger partial charge is 0.254 e. The lowest BCUT2D eigenvalue weighted by Crippen LogP contribution is -2.24. The molecule has 4 nitrogen and oxygen atoms in total. The van der Waals surface area contributed by atoms with E-state index in [-0.39, 0.29) is 5.91 Å². The molecule has 1 aliphatic rings. The lowest BCUT2D eigenvalue weighted by atomic mass is 9.95. The number of amides is 1. The Morgan fingerprint density at radius 3 is 2.62 bits per heavy atom. The molecule has 0 spiro atoms. The van der Waals surface area contributed by atoms with Gasteiger partial charge in [0.1, 0.15) is 17.4 Å². The van der Waals surface area contributed by atoms with Crippen LogP contribution in [0.15, 0.2) is 77.8 Å². The quantitative estimate of drug-likeness (QED) is 0.225. The molecule has 3 aromatic carbocycles. The SMILES string of the molecule is O=C(NCc1ccccc1)c1c(N=Cc2cccc(OCc3ccc(Cl)c(Cl)c3)c2)sc2c1CCCC2. The predicted octanol–water partition coefficient (Wildman–Crippen LogP) is 8.19. The van der Waals surface area contributed by atoms with Crippen molar-refractivity contribution in [2.24, 2.45) is 4.99 Å². The fourth-order valence-corrected chi connectivity index (χ4v) is 5.91. The highest BCUT2D eigenvalue weighted by Gasteiger charge is 2.25. The first kappa shape index (κ1) is 25.5. The second-order valence-electron chi connectivity index (χ2n) is 8.93. The summed E-state index contributed by atoms with van der Waals surface area (Å²) in [5, 5.41) is 4.88. The van der Waals surface area contributed by atoms with Crippen molar-refractivity contribution in [2.75, 3.05) is 0 Å². The Labute approximate surface area is 230 Å². The van der Waals surface area contributed by atoms with Gasteiger partial charge in [-0.3, -0.25) is 4.79 Å². The Bertz CT molecular complexity index is 1430. The second-order valence-corrected chi connectivity index (χ2v) is 10.8. The van der Waals surface area contributed by atoms with Crippen molar-refractivity contribution in [3.8, 4) is 5.75 Å². The van der Waals surface area contributed by atoms with Crippen LogP contribution in [0.1, 0.15) is 50.3 Å². The van der Waals surface area contributed by atoms with Crippen molar-refractivity contribution in [3.05, 3.63) is 116 Å². The molecular formula is C30H26Cl2N2O2S. The maximum Gasteiger partial charge on any atom is 0.254 e. The minimum Gasteiger partial charge on any atom is -0.489 e. The summed E-state index contributed by atoms with van der Waals surface area (Å²) in [6, 6.07) is 23.2. The molecule has 0 saturated heterocycles. The zero-order valence-electron chi connectivity index (χ0n) is 20.2. The zero-order chi connectivity index (χ0) is 25.6. The molecule has 0 atom stereocenters. The van der Waals surface area contributed by atoms with Crippen LogP contribution in [-0.4, -0.2) is 12.1 Å². The van der Waals surface area contributed by atoms with E-state index in [0.717, 1.165) is 64.3 Å². The Morgan fingerprint density at radius 1 is 0.946 bits per heavy atom. The van der Waals surface area contributed by atoms with Crippen molar-refractivity contribution < 1.29 is 9.53 Å². The molecule has 5 rings (SSSR count). The van der Waals surface area contributed by atoms with Gasteiger partial charge in [-0.15, -0.1) is 11.3 Å². The van der Waals surface area contributed by atoms with E-state index < -0.39 is 0 Å². The average molecular weight is 550 g/mol. The van der Waals surface area contributed by atoms with Crippen LogP contribution in [0.5, 0.6) is 5.75 Å². The number of fused-ring (bicyclic) bond motifs is 1. The largest absolute Gasteiger partial charge is 0.489 e. The van der Waals surface area contributed by atoms with Gasteiger partial charge < -0.3 is 10.1 Å². The van der Waals surface area contributed by atoms with Crippen LogP contribution in [0, 0.1) is 0 Å². The number of rotatable bonds is 8. The molecule has 7 heteroatoms. The number of aryl methyl sites for hydroxylation is 1. The third-order valence-electron chi connectivity index (χ3n) is 6.25. The van der Waals surface area contributed by atoms with Crippen molar-refractivity contribution in [1.82, 2.24) is 5.32 Å². The summed E-state index contributed by atoms with van der Waals surface area (Å²) in [5.74, 6) is 0.662. The predicted molar refractivity (Wildman–Crippen MR) is 153 cm³/mol. The number of carbonyl (C=O) groups is 1. The molecular weight excluding hydrogens is 523 g/mol. The lowest BCUT2D eigenvalue weighted by molar-refractivity contribution is 0.0951. The fourth-order valence-electron chi connectivity index (χ4n) is 4.36. The molecule has 188 valence electrons. The second kappa shape index (κ2) is 12.0. The van der Waals surface area contributed by atoms with E-state index in [0.29, 0.717) is 23.2 Å². The number of benzene rings is 3. The molecule has 4 aromatic rings. The van der Waals surface area contributed by atoms with Gasteiger partial charge in [-0.2, -0.15) is 0 Å². The summed E-state index contributed by atoms with van der Waals surface area (Å²) in [4.78, 5) is 19.3. The van der Waals surface area contributed by atoms with Gasteiger partial charge in [0, 0.05) is 17.6 Å². The van der Waals surface area contributed by atoms with Crippen LogP contribution in [0.2, 0.25) is 10.0 Å². The summed E-state index contributed by atoms with van der Waals surface area (Å²) in [7, 11) is 0. The minimum atomic E-state index is -0.0610. The number of carbonyl (C=O) groups excluding carboxylic acids is 1. The molecule has 0 saturated carbocycles. The summed E-state index contributed by atoms with van der Waals surface area (Å²) < 4.78 is 5.96. The fraction of sp³-hybridized carbons (Fsp3) is 0.200. The molecule has 0 radical (unpaired) electrons. The first-order valence-electron chi connectivity index (χ1n) is 12.2. The summed E-state index contributed by atoms with van der Waals surface area (Å²) in [5.41, 5.74) is 4.78. The monoisotopic (exact) mass is 548 g/mol. The average Bonchev–Trinajstić information content (AvgIpc) is 3.30. The number of aliphatic imine (C=N–C) groups is 1. The summed E-state index contributed by atoms with van der Waals surface area (Å²) in [6.45, 7) is 0.868. The van der Waals surface area contributed by atoms with E-state index in [9.17, 15) is 4.79 Å². The Kier molecular flexibility index (Phi) is 8.24. The van der Waals surface area contributed by atoms with Gasteiger partial charge in [0.25, 0.3) is 5.91 Å². The van der Waals surface area contributed by atoms with E-state index in [1.165, 1.54) is 4.88 Å².